The lowest BCUT2D eigenvalue weighted by atomic mass is 9.93. The molecule has 2 atom stereocenters. The van der Waals surface area contributed by atoms with Crippen LogP contribution >= 0.6 is 0 Å². The Bertz CT molecular complexity index is 873. The first-order valence-corrected chi connectivity index (χ1v) is 8.38. The zero-order chi connectivity index (χ0) is 18.1. The van der Waals surface area contributed by atoms with Crippen LogP contribution in [0.25, 0.3) is 0 Å². The highest BCUT2D eigenvalue weighted by molar-refractivity contribution is 5.96. The van der Waals surface area contributed by atoms with Gasteiger partial charge in [-0.15, -0.1) is 0 Å². The molecule has 2 aliphatic heterocycles. The van der Waals surface area contributed by atoms with Gasteiger partial charge in [0.15, 0.2) is 0 Å². The van der Waals surface area contributed by atoms with Crippen molar-refractivity contribution in [2.24, 2.45) is 0 Å². The lowest BCUT2D eigenvalue weighted by Crippen LogP contribution is -2.24. The molecule has 6 heteroatoms. The molecule has 0 saturated carbocycles. The first kappa shape index (κ1) is 16.3. The molecule has 0 unspecified atom stereocenters. The number of benzene rings is 2. The standard InChI is InChI=1S/C20H16O6/c21-18(25-16-8-9-24-20(16)23)13-6-7-15-14(10-13)11-17(26-19(15)22)12-4-2-1-3-5-12/h1-7,10,16-17H,8-9,11H2/t16-,17-/m1/s1. The first-order valence-electron chi connectivity index (χ1n) is 8.38. The van der Waals surface area contributed by atoms with E-state index in [1.165, 1.54) is 6.07 Å². The summed E-state index contributed by atoms with van der Waals surface area (Å²) in [4.78, 5) is 36.0. The van der Waals surface area contributed by atoms with Gasteiger partial charge in [-0.3, -0.25) is 0 Å². The normalized spacial score (nSPS) is 21.5. The lowest BCUT2D eigenvalue weighted by molar-refractivity contribution is -0.145. The number of carbonyl (C=O) groups is 3. The van der Waals surface area contributed by atoms with Gasteiger partial charge < -0.3 is 14.2 Å². The van der Waals surface area contributed by atoms with Crippen molar-refractivity contribution in [3.05, 3.63) is 70.8 Å². The zero-order valence-corrected chi connectivity index (χ0v) is 13.8. The van der Waals surface area contributed by atoms with Crippen molar-refractivity contribution in [2.75, 3.05) is 6.61 Å². The number of esters is 3. The summed E-state index contributed by atoms with van der Waals surface area (Å²) in [6, 6.07) is 14.1. The highest BCUT2D eigenvalue weighted by Gasteiger charge is 2.32. The highest BCUT2D eigenvalue weighted by atomic mass is 16.6. The smallest absolute Gasteiger partial charge is 0.347 e. The summed E-state index contributed by atoms with van der Waals surface area (Å²) in [5.74, 6) is -1.55. The van der Waals surface area contributed by atoms with Crippen LogP contribution in [0, 0.1) is 0 Å². The van der Waals surface area contributed by atoms with E-state index in [2.05, 4.69) is 0 Å². The SMILES string of the molecule is O=C(O[C@@H]1CCOC1=O)c1ccc2c(c1)C[C@H](c1ccccc1)OC2=O. The number of carbonyl (C=O) groups excluding carboxylic acids is 3. The summed E-state index contributed by atoms with van der Waals surface area (Å²) in [7, 11) is 0. The van der Waals surface area contributed by atoms with Gasteiger partial charge in [0, 0.05) is 12.8 Å². The minimum atomic E-state index is -0.861. The Labute approximate surface area is 149 Å². The van der Waals surface area contributed by atoms with Crippen molar-refractivity contribution in [1.29, 1.82) is 0 Å². The topological polar surface area (TPSA) is 78.9 Å². The van der Waals surface area contributed by atoms with Crippen LogP contribution in [-0.2, 0) is 25.4 Å². The second kappa shape index (κ2) is 6.63. The van der Waals surface area contributed by atoms with Crippen LogP contribution in [0.5, 0.6) is 0 Å². The van der Waals surface area contributed by atoms with Crippen molar-refractivity contribution < 1.29 is 28.6 Å². The second-order valence-electron chi connectivity index (χ2n) is 6.23. The molecule has 0 amide bonds. The largest absolute Gasteiger partial charge is 0.463 e. The Kier molecular flexibility index (Phi) is 4.16. The first-order chi connectivity index (χ1) is 12.6. The molecule has 1 saturated heterocycles. The van der Waals surface area contributed by atoms with E-state index < -0.39 is 30.1 Å². The molecule has 132 valence electrons. The zero-order valence-electron chi connectivity index (χ0n) is 13.8. The molecular weight excluding hydrogens is 336 g/mol. The number of cyclic esters (lactones) is 2. The van der Waals surface area contributed by atoms with Gasteiger partial charge >= 0.3 is 17.9 Å². The molecule has 0 bridgehead atoms. The minimum absolute atomic E-state index is 0.256. The van der Waals surface area contributed by atoms with Crippen molar-refractivity contribution in [1.82, 2.24) is 0 Å². The number of hydrogen-bond donors (Lipinski definition) is 0. The van der Waals surface area contributed by atoms with Gasteiger partial charge in [-0.05, 0) is 29.3 Å². The summed E-state index contributed by atoms with van der Waals surface area (Å²) in [6.07, 6.45) is -0.428. The molecule has 0 N–H and O–H groups in total. The van der Waals surface area contributed by atoms with Crippen LogP contribution in [0.4, 0.5) is 0 Å². The van der Waals surface area contributed by atoms with E-state index in [1.54, 1.807) is 12.1 Å². The van der Waals surface area contributed by atoms with E-state index in [0.717, 1.165) is 11.1 Å². The number of ether oxygens (including phenoxy) is 3. The maximum absolute atomic E-state index is 12.3. The van der Waals surface area contributed by atoms with E-state index >= 15 is 0 Å². The number of rotatable bonds is 3. The Morgan fingerprint density at radius 1 is 1.08 bits per heavy atom. The molecule has 26 heavy (non-hydrogen) atoms. The van der Waals surface area contributed by atoms with E-state index in [1.807, 2.05) is 30.3 Å². The molecule has 0 aliphatic carbocycles. The van der Waals surface area contributed by atoms with Gasteiger partial charge in [0.1, 0.15) is 6.10 Å². The number of fused-ring (bicyclic) bond motifs is 1. The fourth-order valence-electron chi connectivity index (χ4n) is 3.16. The van der Waals surface area contributed by atoms with Crippen LogP contribution in [0.3, 0.4) is 0 Å². The third-order valence-electron chi connectivity index (χ3n) is 4.52. The van der Waals surface area contributed by atoms with Crippen LogP contribution in [0.2, 0.25) is 0 Å². The Hall–Kier alpha value is -3.15. The van der Waals surface area contributed by atoms with Gasteiger partial charge in [0.05, 0.1) is 17.7 Å². The van der Waals surface area contributed by atoms with Crippen molar-refractivity contribution in [3.8, 4) is 0 Å². The predicted molar refractivity (Wildman–Crippen MR) is 89.5 cm³/mol. The van der Waals surface area contributed by atoms with Gasteiger partial charge in [-0.1, -0.05) is 30.3 Å². The summed E-state index contributed by atoms with van der Waals surface area (Å²) < 4.78 is 15.5. The third kappa shape index (κ3) is 3.06. The van der Waals surface area contributed by atoms with Crippen molar-refractivity contribution in [2.45, 2.75) is 25.0 Å². The molecule has 2 aromatic carbocycles. The van der Waals surface area contributed by atoms with E-state index in [0.29, 0.717) is 24.0 Å². The molecule has 1 fully saturated rings. The highest BCUT2D eigenvalue weighted by Crippen LogP contribution is 2.31. The van der Waals surface area contributed by atoms with Crippen LogP contribution < -0.4 is 0 Å². The van der Waals surface area contributed by atoms with Crippen LogP contribution in [0.1, 0.15) is 44.4 Å². The van der Waals surface area contributed by atoms with Crippen molar-refractivity contribution in [3.63, 3.8) is 0 Å². The van der Waals surface area contributed by atoms with E-state index in [-0.39, 0.29) is 6.61 Å². The fraction of sp³-hybridized carbons (Fsp3) is 0.250. The van der Waals surface area contributed by atoms with Gasteiger partial charge in [-0.2, -0.15) is 0 Å². The van der Waals surface area contributed by atoms with Gasteiger partial charge in [-0.25, -0.2) is 14.4 Å². The molecule has 0 radical (unpaired) electrons. The molecule has 2 heterocycles. The Balaban J connectivity index is 1.57. The summed E-state index contributed by atoms with van der Waals surface area (Å²) in [5, 5.41) is 0. The summed E-state index contributed by atoms with van der Waals surface area (Å²) >= 11 is 0. The molecule has 0 aromatic heterocycles. The molecule has 0 spiro atoms. The molecule has 4 rings (SSSR count). The lowest BCUT2D eigenvalue weighted by Gasteiger charge is -2.25. The summed E-state index contributed by atoms with van der Waals surface area (Å²) in [5.41, 5.74) is 2.35. The van der Waals surface area contributed by atoms with Gasteiger partial charge in [0.2, 0.25) is 6.10 Å². The predicted octanol–water partition coefficient (Wildman–Crippen LogP) is 2.61. The maximum Gasteiger partial charge on any atom is 0.347 e. The average Bonchev–Trinajstić information content (AvgIpc) is 3.06. The Morgan fingerprint density at radius 2 is 1.88 bits per heavy atom. The minimum Gasteiger partial charge on any atom is -0.463 e. The monoisotopic (exact) mass is 352 g/mol. The maximum atomic E-state index is 12.3. The van der Waals surface area contributed by atoms with Crippen LogP contribution in [0.15, 0.2) is 48.5 Å². The molecule has 2 aromatic rings. The van der Waals surface area contributed by atoms with Crippen LogP contribution in [-0.4, -0.2) is 30.6 Å². The molecular formula is C20H16O6. The van der Waals surface area contributed by atoms with E-state index in [4.69, 9.17) is 14.2 Å². The van der Waals surface area contributed by atoms with Crippen molar-refractivity contribution >= 4 is 17.9 Å². The Morgan fingerprint density at radius 3 is 2.62 bits per heavy atom. The number of hydrogen-bond acceptors (Lipinski definition) is 6. The fourth-order valence-corrected chi connectivity index (χ4v) is 3.16. The molecule has 2 aliphatic rings. The summed E-state index contributed by atoms with van der Waals surface area (Å²) in [6.45, 7) is 0.256. The third-order valence-corrected chi connectivity index (χ3v) is 4.52. The van der Waals surface area contributed by atoms with Gasteiger partial charge in [0.25, 0.3) is 0 Å². The van der Waals surface area contributed by atoms with E-state index in [9.17, 15) is 14.4 Å². The quantitative estimate of drug-likeness (QED) is 0.624. The molecule has 6 nitrogen and oxygen atoms in total. The average molecular weight is 352 g/mol. The second-order valence-corrected chi connectivity index (χ2v) is 6.23.